The molecule has 5 heteroatoms. The molecule has 1 unspecified atom stereocenters. The van der Waals surface area contributed by atoms with Crippen molar-refractivity contribution in [2.75, 3.05) is 18.5 Å². The highest BCUT2D eigenvalue weighted by Crippen LogP contribution is 2.09. The molecule has 1 rings (SSSR count). The molecule has 5 nitrogen and oxygen atoms in total. The Labute approximate surface area is 108 Å². The first-order valence-corrected chi connectivity index (χ1v) is 6.32. The van der Waals surface area contributed by atoms with Gasteiger partial charge < -0.3 is 15.7 Å². The summed E-state index contributed by atoms with van der Waals surface area (Å²) >= 11 is 0. The van der Waals surface area contributed by atoms with Crippen molar-refractivity contribution < 1.29 is 9.90 Å². The van der Waals surface area contributed by atoms with Gasteiger partial charge in [0.1, 0.15) is 5.82 Å². The quantitative estimate of drug-likeness (QED) is 0.685. The van der Waals surface area contributed by atoms with E-state index in [9.17, 15) is 4.79 Å². The molecule has 0 bridgehead atoms. The first kappa shape index (κ1) is 14.4. The lowest BCUT2D eigenvalue weighted by Crippen LogP contribution is -2.23. The molecule has 1 aromatic heterocycles. The van der Waals surface area contributed by atoms with Gasteiger partial charge in [0.25, 0.3) is 5.91 Å². The lowest BCUT2D eigenvalue weighted by Gasteiger charge is -2.16. The maximum Gasteiger partial charge on any atom is 0.252 e. The Bertz CT molecular complexity index is 365. The maximum atomic E-state index is 11.5. The highest BCUT2D eigenvalue weighted by molar-refractivity contribution is 5.93. The van der Waals surface area contributed by atoms with E-state index in [0.717, 1.165) is 12.2 Å². The van der Waals surface area contributed by atoms with Crippen LogP contribution in [-0.4, -0.2) is 35.2 Å². The third-order valence-electron chi connectivity index (χ3n) is 2.69. The third kappa shape index (κ3) is 4.33. The molecule has 1 atom stereocenters. The van der Waals surface area contributed by atoms with Gasteiger partial charge in [-0.05, 0) is 31.9 Å². The van der Waals surface area contributed by atoms with E-state index in [1.807, 2.05) is 6.92 Å². The molecule has 0 saturated carbocycles. The van der Waals surface area contributed by atoms with Crippen molar-refractivity contribution in [2.45, 2.75) is 32.7 Å². The van der Waals surface area contributed by atoms with E-state index in [1.54, 1.807) is 18.3 Å². The zero-order valence-electron chi connectivity index (χ0n) is 10.9. The summed E-state index contributed by atoms with van der Waals surface area (Å²) in [6.45, 7) is 4.69. The van der Waals surface area contributed by atoms with Gasteiger partial charge in [-0.15, -0.1) is 0 Å². The Morgan fingerprint density at radius 3 is 2.72 bits per heavy atom. The Kier molecular flexibility index (Phi) is 6.14. The van der Waals surface area contributed by atoms with Crippen molar-refractivity contribution >= 4 is 11.7 Å². The third-order valence-corrected chi connectivity index (χ3v) is 2.69. The number of aliphatic hydroxyl groups excluding tert-OH is 1. The Morgan fingerprint density at radius 1 is 1.44 bits per heavy atom. The molecule has 1 heterocycles. The van der Waals surface area contributed by atoms with Gasteiger partial charge in [0.05, 0.1) is 5.56 Å². The van der Waals surface area contributed by atoms with Crippen molar-refractivity contribution in [3.05, 3.63) is 23.9 Å². The summed E-state index contributed by atoms with van der Waals surface area (Å²) in [5.74, 6) is 0.613. The summed E-state index contributed by atoms with van der Waals surface area (Å²) in [5, 5.41) is 14.9. The number of amides is 1. The van der Waals surface area contributed by atoms with Gasteiger partial charge >= 0.3 is 0 Å². The number of nitrogens with one attached hydrogen (secondary N) is 2. The van der Waals surface area contributed by atoms with Crippen LogP contribution in [0.5, 0.6) is 0 Å². The standard InChI is InChI=1S/C13H21N3O2/c1-3-11(7-8-17)16-12-6-5-10(9-15-12)13(18)14-4-2/h5-6,9,11,17H,3-4,7-8H2,1-2H3,(H,14,18)(H,15,16). The second-order valence-corrected chi connectivity index (χ2v) is 4.05. The SMILES string of the molecule is CCNC(=O)c1ccc(NC(CC)CCO)nc1. The van der Waals surface area contributed by atoms with Crippen LogP contribution in [-0.2, 0) is 0 Å². The van der Waals surface area contributed by atoms with Crippen LogP contribution in [0.2, 0.25) is 0 Å². The molecular formula is C13H21N3O2. The van der Waals surface area contributed by atoms with Crippen molar-refractivity contribution in [3.63, 3.8) is 0 Å². The molecule has 0 saturated heterocycles. The molecule has 0 aliphatic heterocycles. The first-order chi connectivity index (χ1) is 8.71. The van der Waals surface area contributed by atoms with Crippen LogP contribution in [0.3, 0.4) is 0 Å². The van der Waals surface area contributed by atoms with E-state index < -0.39 is 0 Å². The van der Waals surface area contributed by atoms with E-state index in [2.05, 4.69) is 22.5 Å². The second-order valence-electron chi connectivity index (χ2n) is 4.05. The van der Waals surface area contributed by atoms with Crippen molar-refractivity contribution in [1.82, 2.24) is 10.3 Å². The molecule has 0 aliphatic carbocycles. The normalized spacial score (nSPS) is 11.9. The molecule has 18 heavy (non-hydrogen) atoms. The van der Waals surface area contributed by atoms with E-state index in [1.165, 1.54) is 0 Å². The lowest BCUT2D eigenvalue weighted by atomic mass is 10.1. The second kappa shape index (κ2) is 7.66. The summed E-state index contributed by atoms with van der Waals surface area (Å²) in [7, 11) is 0. The zero-order chi connectivity index (χ0) is 13.4. The molecule has 0 aliphatic rings. The maximum absolute atomic E-state index is 11.5. The largest absolute Gasteiger partial charge is 0.396 e. The van der Waals surface area contributed by atoms with Gasteiger partial charge in [-0.2, -0.15) is 0 Å². The molecule has 0 fully saturated rings. The van der Waals surface area contributed by atoms with Gasteiger partial charge in [-0.3, -0.25) is 4.79 Å². The number of nitrogens with zero attached hydrogens (tertiary/aromatic N) is 1. The number of aliphatic hydroxyl groups is 1. The minimum atomic E-state index is -0.112. The number of carbonyl (C=O) groups is 1. The first-order valence-electron chi connectivity index (χ1n) is 6.32. The number of hydrogen-bond acceptors (Lipinski definition) is 4. The Morgan fingerprint density at radius 2 is 2.22 bits per heavy atom. The molecule has 0 aromatic carbocycles. The fourth-order valence-corrected chi connectivity index (χ4v) is 1.62. The number of rotatable bonds is 7. The average molecular weight is 251 g/mol. The topological polar surface area (TPSA) is 74.2 Å². The van der Waals surface area contributed by atoms with Gasteiger partial charge in [0.2, 0.25) is 0 Å². The number of aromatic nitrogens is 1. The summed E-state index contributed by atoms with van der Waals surface area (Å²) in [5.41, 5.74) is 0.553. The van der Waals surface area contributed by atoms with Gasteiger partial charge in [0.15, 0.2) is 0 Å². The summed E-state index contributed by atoms with van der Waals surface area (Å²) in [6, 6.07) is 3.73. The summed E-state index contributed by atoms with van der Waals surface area (Å²) < 4.78 is 0. The number of hydrogen-bond donors (Lipinski definition) is 3. The van der Waals surface area contributed by atoms with E-state index >= 15 is 0 Å². The molecular weight excluding hydrogens is 230 g/mol. The van der Waals surface area contributed by atoms with E-state index in [0.29, 0.717) is 18.5 Å². The highest BCUT2D eigenvalue weighted by atomic mass is 16.3. The Hall–Kier alpha value is -1.62. The van der Waals surface area contributed by atoms with Gasteiger partial charge in [-0.25, -0.2) is 4.98 Å². The van der Waals surface area contributed by atoms with Crippen molar-refractivity contribution in [1.29, 1.82) is 0 Å². The molecule has 1 aromatic rings. The monoisotopic (exact) mass is 251 g/mol. The number of pyridine rings is 1. The minimum absolute atomic E-state index is 0.112. The van der Waals surface area contributed by atoms with Crippen LogP contribution in [0.25, 0.3) is 0 Å². The predicted octanol–water partition coefficient (Wildman–Crippen LogP) is 1.40. The van der Waals surface area contributed by atoms with Crippen LogP contribution in [0.4, 0.5) is 5.82 Å². The minimum Gasteiger partial charge on any atom is -0.396 e. The van der Waals surface area contributed by atoms with E-state index in [4.69, 9.17) is 5.11 Å². The number of carbonyl (C=O) groups excluding carboxylic acids is 1. The zero-order valence-corrected chi connectivity index (χ0v) is 10.9. The van der Waals surface area contributed by atoms with Gasteiger partial charge in [-0.1, -0.05) is 6.92 Å². The van der Waals surface area contributed by atoms with Crippen molar-refractivity contribution in [3.8, 4) is 0 Å². The van der Waals surface area contributed by atoms with Crippen LogP contribution >= 0.6 is 0 Å². The summed E-state index contributed by atoms with van der Waals surface area (Å²) in [6.07, 6.45) is 3.16. The van der Waals surface area contributed by atoms with Crippen LogP contribution in [0.1, 0.15) is 37.0 Å². The molecule has 100 valence electrons. The predicted molar refractivity (Wildman–Crippen MR) is 71.6 cm³/mol. The van der Waals surface area contributed by atoms with Crippen molar-refractivity contribution in [2.24, 2.45) is 0 Å². The summed E-state index contributed by atoms with van der Waals surface area (Å²) in [4.78, 5) is 15.7. The molecule has 0 spiro atoms. The molecule has 3 N–H and O–H groups in total. The van der Waals surface area contributed by atoms with Crippen LogP contribution in [0.15, 0.2) is 18.3 Å². The highest BCUT2D eigenvalue weighted by Gasteiger charge is 2.08. The number of anilines is 1. The molecule has 0 radical (unpaired) electrons. The van der Waals surface area contributed by atoms with Gasteiger partial charge in [0, 0.05) is 25.4 Å². The fourth-order valence-electron chi connectivity index (χ4n) is 1.62. The Balaban J connectivity index is 2.62. The van der Waals surface area contributed by atoms with E-state index in [-0.39, 0.29) is 18.6 Å². The lowest BCUT2D eigenvalue weighted by molar-refractivity contribution is 0.0955. The van der Waals surface area contributed by atoms with Crippen LogP contribution in [0, 0.1) is 0 Å². The fraction of sp³-hybridized carbons (Fsp3) is 0.538. The average Bonchev–Trinajstić information content (AvgIpc) is 2.39. The van der Waals surface area contributed by atoms with Crippen LogP contribution < -0.4 is 10.6 Å². The molecule has 1 amide bonds. The smallest absolute Gasteiger partial charge is 0.252 e.